The van der Waals surface area contributed by atoms with Gasteiger partial charge in [0.05, 0.1) is 12.2 Å². The molecule has 0 heterocycles. The summed E-state index contributed by atoms with van der Waals surface area (Å²) in [5.41, 5.74) is 0. The van der Waals surface area contributed by atoms with E-state index in [1.54, 1.807) is 0 Å². The third kappa shape index (κ3) is 3.64. The molecular weight excluding hydrogens is 128 g/mol. The van der Waals surface area contributed by atoms with E-state index in [4.69, 9.17) is 10.2 Å². The summed E-state index contributed by atoms with van der Waals surface area (Å²) in [5, 5.41) is 18.2. The average Bonchev–Trinajstić information content (AvgIpc) is 1.85. The highest BCUT2D eigenvalue weighted by Gasteiger charge is 2.13. The molecule has 0 bridgehead atoms. The van der Waals surface area contributed by atoms with Gasteiger partial charge in [0.25, 0.3) is 0 Å². The van der Waals surface area contributed by atoms with Crippen LogP contribution in [0.3, 0.4) is 0 Å². The van der Waals surface area contributed by atoms with Gasteiger partial charge in [-0.1, -0.05) is 19.9 Å². The molecule has 2 atom stereocenters. The fourth-order valence-electron chi connectivity index (χ4n) is 0.779. The Bertz CT molecular complexity index is 99.4. The van der Waals surface area contributed by atoms with Crippen molar-refractivity contribution >= 4 is 0 Å². The molecule has 10 heavy (non-hydrogen) atoms. The molecule has 0 rings (SSSR count). The van der Waals surface area contributed by atoms with Crippen LogP contribution in [0.1, 0.15) is 20.3 Å². The first-order valence-electron chi connectivity index (χ1n) is 3.56. The van der Waals surface area contributed by atoms with Crippen LogP contribution >= 0.6 is 0 Å². The number of aliphatic hydroxyl groups excluding tert-OH is 2. The molecule has 0 aromatic heterocycles. The van der Waals surface area contributed by atoms with Gasteiger partial charge in [0.1, 0.15) is 0 Å². The third-order valence-electron chi connectivity index (χ3n) is 1.35. The Hall–Kier alpha value is -0.340. The van der Waals surface area contributed by atoms with Crippen LogP contribution in [-0.2, 0) is 0 Å². The highest BCUT2D eigenvalue weighted by molar-refractivity contribution is 4.84. The SMILES string of the molecule is C=C[C@H](O)[C@@H](O)CC(C)C. The molecule has 0 radical (unpaired) electrons. The lowest BCUT2D eigenvalue weighted by Gasteiger charge is -2.15. The Morgan fingerprint density at radius 1 is 1.40 bits per heavy atom. The second-order valence-electron chi connectivity index (χ2n) is 2.92. The van der Waals surface area contributed by atoms with Crippen molar-refractivity contribution in [2.24, 2.45) is 5.92 Å². The summed E-state index contributed by atoms with van der Waals surface area (Å²) in [6.07, 6.45) is 0.542. The Morgan fingerprint density at radius 2 is 1.90 bits per heavy atom. The molecule has 0 unspecified atom stereocenters. The summed E-state index contributed by atoms with van der Waals surface area (Å²) < 4.78 is 0. The van der Waals surface area contributed by atoms with E-state index >= 15 is 0 Å². The Labute approximate surface area is 62.2 Å². The lowest BCUT2D eigenvalue weighted by Crippen LogP contribution is -2.24. The molecular formula is C8H16O2. The zero-order valence-corrected chi connectivity index (χ0v) is 6.62. The Balaban J connectivity index is 3.60. The molecule has 0 saturated heterocycles. The van der Waals surface area contributed by atoms with Gasteiger partial charge in [-0.05, 0) is 12.3 Å². The molecule has 2 N–H and O–H groups in total. The van der Waals surface area contributed by atoms with Crippen LogP contribution in [0, 0.1) is 5.92 Å². The van der Waals surface area contributed by atoms with Crippen LogP contribution in [-0.4, -0.2) is 22.4 Å². The monoisotopic (exact) mass is 144 g/mol. The smallest absolute Gasteiger partial charge is 0.0977 e. The van der Waals surface area contributed by atoms with Crippen LogP contribution < -0.4 is 0 Å². The molecule has 0 aromatic carbocycles. The van der Waals surface area contributed by atoms with Crippen molar-refractivity contribution in [2.75, 3.05) is 0 Å². The summed E-state index contributed by atoms with van der Waals surface area (Å²) in [5.74, 6) is 0.407. The molecule has 0 aromatic rings. The normalized spacial score (nSPS) is 16.9. The zero-order valence-electron chi connectivity index (χ0n) is 6.62. The summed E-state index contributed by atoms with van der Waals surface area (Å²) >= 11 is 0. The van der Waals surface area contributed by atoms with Crippen LogP contribution in [0.4, 0.5) is 0 Å². The van der Waals surface area contributed by atoms with Crippen LogP contribution in [0.25, 0.3) is 0 Å². The second kappa shape index (κ2) is 4.47. The average molecular weight is 144 g/mol. The topological polar surface area (TPSA) is 40.5 Å². The third-order valence-corrected chi connectivity index (χ3v) is 1.35. The van der Waals surface area contributed by atoms with Crippen LogP contribution in [0.15, 0.2) is 12.7 Å². The van der Waals surface area contributed by atoms with E-state index in [0.717, 1.165) is 0 Å². The van der Waals surface area contributed by atoms with Gasteiger partial charge < -0.3 is 10.2 Å². The van der Waals surface area contributed by atoms with Gasteiger partial charge in [-0.2, -0.15) is 0 Å². The van der Waals surface area contributed by atoms with E-state index in [2.05, 4.69) is 6.58 Å². The summed E-state index contributed by atoms with van der Waals surface area (Å²) in [6, 6.07) is 0. The maximum Gasteiger partial charge on any atom is 0.0977 e. The minimum atomic E-state index is -0.776. The predicted octanol–water partition coefficient (Wildman–Crippen LogP) is 0.940. The number of rotatable bonds is 4. The van der Waals surface area contributed by atoms with Crippen molar-refractivity contribution in [3.63, 3.8) is 0 Å². The van der Waals surface area contributed by atoms with Gasteiger partial charge in [0.2, 0.25) is 0 Å². The molecule has 60 valence electrons. The lowest BCUT2D eigenvalue weighted by molar-refractivity contribution is 0.0353. The molecule has 0 saturated carbocycles. The van der Waals surface area contributed by atoms with Crippen molar-refractivity contribution in [1.82, 2.24) is 0 Å². The predicted molar refractivity (Wildman–Crippen MR) is 41.7 cm³/mol. The molecule has 0 aliphatic heterocycles. The first-order valence-corrected chi connectivity index (χ1v) is 3.56. The molecule has 0 spiro atoms. The van der Waals surface area contributed by atoms with Gasteiger partial charge in [0.15, 0.2) is 0 Å². The minimum Gasteiger partial charge on any atom is -0.390 e. The largest absolute Gasteiger partial charge is 0.390 e. The second-order valence-corrected chi connectivity index (χ2v) is 2.92. The van der Waals surface area contributed by atoms with Crippen molar-refractivity contribution in [3.05, 3.63) is 12.7 Å². The number of hydrogen-bond donors (Lipinski definition) is 2. The maximum absolute atomic E-state index is 9.17. The van der Waals surface area contributed by atoms with Gasteiger partial charge in [-0.3, -0.25) is 0 Å². The van der Waals surface area contributed by atoms with E-state index in [1.807, 2.05) is 13.8 Å². The van der Waals surface area contributed by atoms with Gasteiger partial charge >= 0.3 is 0 Å². The van der Waals surface area contributed by atoms with Crippen molar-refractivity contribution in [1.29, 1.82) is 0 Å². The fraction of sp³-hybridized carbons (Fsp3) is 0.750. The molecule has 0 aliphatic carbocycles. The molecule has 0 fully saturated rings. The quantitative estimate of drug-likeness (QED) is 0.576. The number of hydrogen-bond acceptors (Lipinski definition) is 2. The van der Waals surface area contributed by atoms with Crippen molar-refractivity contribution < 1.29 is 10.2 Å². The molecule has 2 heteroatoms. The highest BCUT2D eigenvalue weighted by Crippen LogP contribution is 2.07. The van der Waals surface area contributed by atoms with Crippen LogP contribution in [0.5, 0.6) is 0 Å². The van der Waals surface area contributed by atoms with Gasteiger partial charge in [-0.25, -0.2) is 0 Å². The highest BCUT2D eigenvalue weighted by atomic mass is 16.3. The van der Waals surface area contributed by atoms with Gasteiger partial charge in [0, 0.05) is 0 Å². The van der Waals surface area contributed by atoms with E-state index in [1.165, 1.54) is 6.08 Å². The van der Waals surface area contributed by atoms with E-state index in [9.17, 15) is 0 Å². The van der Waals surface area contributed by atoms with Gasteiger partial charge in [-0.15, -0.1) is 6.58 Å². The zero-order chi connectivity index (χ0) is 8.15. The minimum absolute atomic E-state index is 0.407. The molecule has 2 nitrogen and oxygen atoms in total. The molecule has 0 aliphatic rings. The summed E-state index contributed by atoms with van der Waals surface area (Å²) in [6.45, 7) is 7.38. The first-order chi connectivity index (χ1) is 4.57. The fourth-order valence-corrected chi connectivity index (χ4v) is 0.779. The maximum atomic E-state index is 9.17. The van der Waals surface area contributed by atoms with Crippen LogP contribution in [0.2, 0.25) is 0 Å². The van der Waals surface area contributed by atoms with Crippen molar-refractivity contribution in [2.45, 2.75) is 32.5 Å². The summed E-state index contributed by atoms with van der Waals surface area (Å²) in [4.78, 5) is 0. The van der Waals surface area contributed by atoms with E-state index < -0.39 is 12.2 Å². The van der Waals surface area contributed by atoms with Crippen molar-refractivity contribution in [3.8, 4) is 0 Å². The Morgan fingerprint density at radius 3 is 2.20 bits per heavy atom. The van der Waals surface area contributed by atoms with E-state index in [0.29, 0.717) is 12.3 Å². The summed E-state index contributed by atoms with van der Waals surface area (Å²) in [7, 11) is 0. The first kappa shape index (κ1) is 9.66. The number of aliphatic hydroxyl groups is 2. The lowest BCUT2D eigenvalue weighted by atomic mass is 10.0. The Kier molecular flexibility index (Phi) is 4.32. The molecule has 0 amide bonds. The van der Waals surface area contributed by atoms with E-state index in [-0.39, 0.29) is 0 Å². The standard InChI is InChI=1S/C8H16O2/c1-4-7(9)8(10)5-6(2)3/h4,6-10H,1,5H2,2-3H3/t7-,8-/m0/s1.